The zero-order chi connectivity index (χ0) is 15.4. The van der Waals surface area contributed by atoms with Crippen LogP contribution < -0.4 is 5.32 Å². The van der Waals surface area contributed by atoms with Gasteiger partial charge >= 0.3 is 0 Å². The van der Waals surface area contributed by atoms with Crippen LogP contribution in [0.5, 0.6) is 0 Å². The molecule has 8 heteroatoms. The fraction of sp³-hybridized carbons (Fsp3) is 0.231. The number of hydrogen-bond acceptors (Lipinski definition) is 5. The zero-order valence-corrected chi connectivity index (χ0v) is 11.0. The van der Waals surface area contributed by atoms with Crippen molar-refractivity contribution in [1.82, 2.24) is 10.4 Å². The fourth-order valence-electron chi connectivity index (χ4n) is 1.76. The first kappa shape index (κ1) is 14.7. The van der Waals surface area contributed by atoms with Crippen LogP contribution in [0.3, 0.4) is 0 Å². The molecule has 0 aliphatic carbocycles. The summed E-state index contributed by atoms with van der Waals surface area (Å²) in [7, 11) is 0. The molecule has 110 valence electrons. The first-order valence-corrected chi connectivity index (χ1v) is 6.14. The number of carbonyl (C=O) groups excluding carboxylic acids is 2. The van der Waals surface area contributed by atoms with Crippen molar-refractivity contribution in [3.05, 3.63) is 52.6 Å². The van der Waals surface area contributed by atoms with Gasteiger partial charge in [-0.25, -0.2) is 0 Å². The summed E-state index contributed by atoms with van der Waals surface area (Å²) in [6.45, 7) is 3.59. The molecule has 1 N–H and O–H groups in total. The quantitative estimate of drug-likeness (QED) is 0.364. The summed E-state index contributed by atoms with van der Waals surface area (Å²) >= 11 is 0. The van der Waals surface area contributed by atoms with E-state index in [4.69, 9.17) is 4.84 Å². The first-order valence-electron chi connectivity index (χ1n) is 6.14. The number of nitrogens with zero attached hydrogens (tertiary/aromatic N) is 2. The van der Waals surface area contributed by atoms with Gasteiger partial charge in [0.15, 0.2) is 0 Å². The van der Waals surface area contributed by atoms with Crippen molar-refractivity contribution in [3.63, 3.8) is 0 Å². The standard InChI is InChI=1S/C13H13N3O5/c1-2-7-21-15(11-8-12(17)14-11)13(18)9-3-5-10(6-4-9)16(19)20/h2-6,11H,1,7-8H2,(H,14,17). The molecular formula is C13H13N3O5. The summed E-state index contributed by atoms with van der Waals surface area (Å²) in [5.74, 6) is -0.666. The van der Waals surface area contributed by atoms with Gasteiger partial charge in [-0.15, -0.1) is 6.58 Å². The molecule has 1 aliphatic rings. The molecular weight excluding hydrogens is 278 g/mol. The van der Waals surface area contributed by atoms with Crippen molar-refractivity contribution in [2.24, 2.45) is 0 Å². The third-order valence-corrected chi connectivity index (χ3v) is 2.85. The number of amides is 2. The molecule has 2 rings (SSSR count). The number of hydrogen-bond donors (Lipinski definition) is 1. The van der Waals surface area contributed by atoms with Gasteiger partial charge < -0.3 is 5.32 Å². The summed E-state index contributed by atoms with van der Waals surface area (Å²) in [5, 5.41) is 14.2. The monoisotopic (exact) mass is 291 g/mol. The Morgan fingerprint density at radius 3 is 2.62 bits per heavy atom. The third kappa shape index (κ3) is 3.23. The molecule has 1 heterocycles. The predicted molar refractivity (Wildman–Crippen MR) is 72.0 cm³/mol. The van der Waals surface area contributed by atoms with Crippen LogP contribution in [0.4, 0.5) is 5.69 Å². The molecule has 1 fully saturated rings. The molecule has 1 aromatic rings. The van der Waals surface area contributed by atoms with Crippen molar-refractivity contribution >= 4 is 17.5 Å². The molecule has 1 atom stereocenters. The van der Waals surface area contributed by atoms with Crippen LogP contribution in [0.25, 0.3) is 0 Å². The van der Waals surface area contributed by atoms with E-state index in [0.29, 0.717) is 0 Å². The molecule has 8 nitrogen and oxygen atoms in total. The number of carbonyl (C=O) groups is 2. The number of non-ortho nitro benzene ring substituents is 1. The van der Waals surface area contributed by atoms with Crippen molar-refractivity contribution < 1.29 is 19.3 Å². The minimum Gasteiger partial charge on any atom is -0.333 e. The summed E-state index contributed by atoms with van der Waals surface area (Å²) in [6.07, 6.45) is 1.08. The van der Waals surface area contributed by atoms with E-state index in [1.54, 1.807) is 0 Å². The lowest BCUT2D eigenvalue weighted by atomic mass is 10.1. The van der Waals surface area contributed by atoms with Gasteiger partial charge in [0.05, 0.1) is 18.0 Å². The van der Waals surface area contributed by atoms with Gasteiger partial charge in [-0.1, -0.05) is 6.08 Å². The number of nitrogens with one attached hydrogen (secondary N) is 1. The summed E-state index contributed by atoms with van der Waals surface area (Å²) in [6, 6.07) is 5.15. The maximum absolute atomic E-state index is 12.3. The van der Waals surface area contributed by atoms with Crippen LogP contribution in [0, 0.1) is 10.1 Å². The van der Waals surface area contributed by atoms with Crippen LogP contribution >= 0.6 is 0 Å². The second-order valence-electron chi connectivity index (χ2n) is 4.31. The van der Waals surface area contributed by atoms with Crippen molar-refractivity contribution in [2.45, 2.75) is 12.6 Å². The second kappa shape index (κ2) is 6.14. The molecule has 0 spiro atoms. The largest absolute Gasteiger partial charge is 0.333 e. The zero-order valence-electron chi connectivity index (χ0n) is 11.0. The molecule has 2 amide bonds. The topological polar surface area (TPSA) is 102 Å². The van der Waals surface area contributed by atoms with Crippen molar-refractivity contribution in [2.75, 3.05) is 6.61 Å². The number of benzene rings is 1. The molecule has 0 aromatic heterocycles. The van der Waals surface area contributed by atoms with E-state index in [2.05, 4.69) is 11.9 Å². The molecule has 1 unspecified atom stereocenters. The molecule has 0 bridgehead atoms. The SMILES string of the molecule is C=CCON(C(=O)c1ccc([N+](=O)[O-])cc1)C1CC(=O)N1. The molecule has 1 aliphatic heterocycles. The van der Waals surface area contributed by atoms with E-state index in [0.717, 1.165) is 5.06 Å². The lowest BCUT2D eigenvalue weighted by Gasteiger charge is -2.36. The first-order chi connectivity index (χ1) is 10.0. The van der Waals surface area contributed by atoms with Gasteiger partial charge in [0.2, 0.25) is 5.91 Å². The van der Waals surface area contributed by atoms with Crippen molar-refractivity contribution in [1.29, 1.82) is 0 Å². The number of hydroxylamine groups is 2. The van der Waals surface area contributed by atoms with Crippen LogP contribution in [0.2, 0.25) is 0 Å². The minimum atomic E-state index is -0.549. The van der Waals surface area contributed by atoms with E-state index in [-0.39, 0.29) is 30.2 Å². The summed E-state index contributed by atoms with van der Waals surface area (Å²) in [4.78, 5) is 38.6. The van der Waals surface area contributed by atoms with Crippen molar-refractivity contribution in [3.8, 4) is 0 Å². The number of nitro groups is 1. The Morgan fingerprint density at radius 2 is 2.14 bits per heavy atom. The average molecular weight is 291 g/mol. The maximum Gasteiger partial charge on any atom is 0.279 e. The number of nitro benzene ring substituents is 1. The van der Waals surface area contributed by atoms with E-state index < -0.39 is 17.0 Å². The van der Waals surface area contributed by atoms with E-state index >= 15 is 0 Å². The Bertz CT molecular complexity index is 576. The lowest BCUT2D eigenvalue weighted by molar-refractivity contribution is -0.384. The van der Waals surface area contributed by atoms with E-state index in [1.807, 2.05) is 0 Å². The predicted octanol–water partition coefficient (Wildman–Crippen LogP) is 1.00. The highest BCUT2D eigenvalue weighted by molar-refractivity contribution is 5.95. The Hall–Kier alpha value is -2.74. The molecule has 1 saturated heterocycles. The van der Waals surface area contributed by atoms with Gasteiger partial charge in [-0.2, -0.15) is 5.06 Å². The van der Waals surface area contributed by atoms with Gasteiger partial charge in [0.25, 0.3) is 11.6 Å². The van der Waals surface area contributed by atoms with Gasteiger partial charge in [0, 0.05) is 17.7 Å². The fourth-order valence-corrected chi connectivity index (χ4v) is 1.76. The van der Waals surface area contributed by atoms with E-state index in [1.165, 1.54) is 30.3 Å². The van der Waals surface area contributed by atoms with Gasteiger partial charge in [-0.05, 0) is 12.1 Å². The molecule has 1 aromatic carbocycles. The minimum absolute atomic E-state index is 0.102. The Balaban J connectivity index is 2.14. The number of β-lactam (4-membered cyclic amide) rings is 1. The smallest absolute Gasteiger partial charge is 0.279 e. The summed E-state index contributed by atoms with van der Waals surface area (Å²) < 4.78 is 0. The second-order valence-corrected chi connectivity index (χ2v) is 4.31. The van der Waals surface area contributed by atoms with Gasteiger partial charge in [0.1, 0.15) is 6.17 Å². The van der Waals surface area contributed by atoms with Gasteiger partial charge in [-0.3, -0.25) is 24.5 Å². The number of rotatable bonds is 6. The third-order valence-electron chi connectivity index (χ3n) is 2.85. The van der Waals surface area contributed by atoms with Crippen LogP contribution in [-0.4, -0.2) is 34.6 Å². The lowest BCUT2D eigenvalue weighted by Crippen LogP contribution is -2.60. The highest BCUT2D eigenvalue weighted by atomic mass is 16.7. The van der Waals surface area contributed by atoms with Crippen LogP contribution in [0.1, 0.15) is 16.8 Å². The Morgan fingerprint density at radius 1 is 1.52 bits per heavy atom. The maximum atomic E-state index is 12.3. The normalized spacial score (nSPS) is 16.6. The molecule has 0 saturated carbocycles. The summed E-state index contributed by atoms with van der Waals surface area (Å²) in [5.41, 5.74) is 0.118. The van der Waals surface area contributed by atoms with Crippen LogP contribution in [-0.2, 0) is 9.63 Å². The van der Waals surface area contributed by atoms with E-state index in [9.17, 15) is 19.7 Å². The highest BCUT2D eigenvalue weighted by Gasteiger charge is 2.35. The molecule has 0 radical (unpaired) electrons. The molecule has 21 heavy (non-hydrogen) atoms. The Kier molecular flexibility index (Phi) is 4.29. The average Bonchev–Trinajstić information content (AvgIpc) is 2.45. The highest BCUT2D eigenvalue weighted by Crippen LogP contribution is 2.18. The Labute approximate surface area is 120 Å². The van der Waals surface area contributed by atoms with Crippen LogP contribution in [0.15, 0.2) is 36.9 Å².